The Morgan fingerprint density at radius 1 is 1.08 bits per heavy atom. The van der Waals surface area contributed by atoms with Crippen LogP contribution in [0.4, 0.5) is 10.1 Å². The van der Waals surface area contributed by atoms with E-state index in [1.807, 2.05) is 17.7 Å². The maximum absolute atomic E-state index is 13.7. The second-order valence-electron chi connectivity index (χ2n) is 9.59. The molecule has 37 heavy (non-hydrogen) atoms. The fourth-order valence-corrected chi connectivity index (χ4v) is 5.34. The van der Waals surface area contributed by atoms with Gasteiger partial charge in [0, 0.05) is 19.2 Å². The number of fused-ring (bicyclic) bond motifs is 1. The van der Waals surface area contributed by atoms with Crippen LogP contribution in [0.1, 0.15) is 56.7 Å². The molecular weight excluding hydrogens is 467 g/mol. The summed E-state index contributed by atoms with van der Waals surface area (Å²) in [6.07, 6.45) is 10.9. The highest BCUT2D eigenvalue weighted by molar-refractivity contribution is 5.93. The lowest BCUT2D eigenvalue weighted by atomic mass is 9.91. The summed E-state index contributed by atoms with van der Waals surface area (Å²) in [6, 6.07) is 12.4. The monoisotopic (exact) mass is 500 g/mol. The maximum Gasteiger partial charge on any atom is 0.245 e. The number of nitrogens with zero attached hydrogens (tertiary/aromatic N) is 4. The van der Waals surface area contributed by atoms with Crippen molar-refractivity contribution in [1.82, 2.24) is 14.6 Å². The molecule has 5 rings (SSSR count). The Kier molecular flexibility index (Phi) is 7.12. The van der Waals surface area contributed by atoms with Crippen molar-refractivity contribution in [1.29, 1.82) is 0 Å². The number of aryl methyl sites for hydroxylation is 1. The fourth-order valence-electron chi connectivity index (χ4n) is 5.34. The lowest BCUT2D eigenvalue weighted by Crippen LogP contribution is -2.49. The molecule has 2 aromatic carbocycles. The summed E-state index contributed by atoms with van der Waals surface area (Å²) in [5.74, 6) is 0.503. The minimum absolute atomic E-state index is 0.0437. The molecule has 0 bridgehead atoms. The normalized spacial score (nSPS) is 17.6. The number of anilines is 1. The van der Waals surface area contributed by atoms with Gasteiger partial charge in [0.05, 0.1) is 36.2 Å². The number of hydrogen-bond donors (Lipinski definition) is 0. The molecule has 0 saturated carbocycles. The zero-order chi connectivity index (χ0) is 25.9. The summed E-state index contributed by atoms with van der Waals surface area (Å²) in [6.45, 7) is 4.88. The molecule has 7 heteroatoms. The predicted octanol–water partition coefficient (Wildman–Crippen LogP) is 6.60. The van der Waals surface area contributed by atoms with E-state index in [0.717, 1.165) is 67.0 Å². The highest BCUT2D eigenvalue weighted by atomic mass is 19.1. The lowest BCUT2D eigenvalue weighted by Gasteiger charge is -2.44. The van der Waals surface area contributed by atoms with E-state index in [2.05, 4.69) is 41.2 Å². The zero-order valence-electron chi connectivity index (χ0n) is 21.7. The average molecular weight is 501 g/mol. The first-order chi connectivity index (χ1) is 18.0. The second-order valence-corrected chi connectivity index (χ2v) is 9.59. The number of rotatable bonds is 5. The van der Waals surface area contributed by atoms with E-state index in [-0.39, 0.29) is 11.7 Å². The molecule has 0 atom stereocenters. The summed E-state index contributed by atoms with van der Waals surface area (Å²) in [4.78, 5) is 17.7. The van der Waals surface area contributed by atoms with Crippen molar-refractivity contribution in [2.24, 2.45) is 0 Å². The molecule has 1 fully saturated rings. The number of piperidine rings is 1. The molecule has 1 amide bonds. The van der Waals surface area contributed by atoms with Crippen LogP contribution >= 0.6 is 0 Å². The van der Waals surface area contributed by atoms with Crippen LogP contribution in [0, 0.1) is 12.7 Å². The molecule has 3 aromatic rings. The first-order valence-corrected chi connectivity index (χ1v) is 13.0. The standard InChI is InChI=1S/C30H33FN4O2/c1-4-23-7-5-9-29(36)35(26-13-11-25(31)12-14-26)34-16-6-8-24(30(23)34)17-22-10-15-27(28(18-22)37-3)33-19-21(2)32-20-33/h10-15,17-20H,4-9,16H2,1-3H3. The molecule has 1 aromatic heterocycles. The second kappa shape index (κ2) is 10.6. The number of ether oxygens (including phenoxy) is 1. The van der Waals surface area contributed by atoms with E-state index in [1.54, 1.807) is 30.6 Å². The van der Waals surface area contributed by atoms with Gasteiger partial charge in [0.15, 0.2) is 0 Å². The van der Waals surface area contributed by atoms with Crippen molar-refractivity contribution in [2.45, 2.75) is 52.4 Å². The molecule has 192 valence electrons. The molecule has 0 aliphatic carbocycles. The van der Waals surface area contributed by atoms with Gasteiger partial charge in [0.2, 0.25) is 5.91 Å². The third-order valence-electron chi connectivity index (χ3n) is 7.09. The van der Waals surface area contributed by atoms with Gasteiger partial charge in [-0.3, -0.25) is 9.80 Å². The third kappa shape index (κ3) is 5.03. The summed E-state index contributed by atoms with van der Waals surface area (Å²) in [5.41, 5.74) is 7.30. The van der Waals surface area contributed by atoms with Crippen LogP contribution in [0.2, 0.25) is 0 Å². The molecule has 0 radical (unpaired) electrons. The van der Waals surface area contributed by atoms with Crippen molar-refractivity contribution >= 4 is 17.7 Å². The quantitative estimate of drug-likeness (QED) is 0.396. The highest BCUT2D eigenvalue weighted by Crippen LogP contribution is 2.38. The van der Waals surface area contributed by atoms with Gasteiger partial charge in [-0.25, -0.2) is 14.4 Å². The van der Waals surface area contributed by atoms with Gasteiger partial charge in [-0.15, -0.1) is 0 Å². The van der Waals surface area contributed by atoms with Crippen molar-refractivity contribution in [3.05, 3.63) is 88.9 Å². The lowest BCUT2D eigenvalue weighted by molar-refractivity contribution is -0.121. The molecule has 3 heterocycles. The van der Waals surface area contributed by atoms with Crippen LogP contribution in [0.25, 0.3) is 11.8 Å². The Morgan fingerprint density at radius 2 is 1.89 bits per heavy atom. The third-order valence-corrected chi connectivity index (χ3v) is 7.09. The number of hydrazine groups is 1. The van der Waals surface area contributed by atoms with Crippen molar-refractivity contribution in [3.63, 3.8) is 0 Å². The fraction of sp³-hybridized carbons (Fsp3) is 0.333. The molecular formula is C30H33FN4O2. The highest BCUT2D eigenvalue weighted by Gasteiger charge is 2.32. The van der Waals surface area contributed by atoms with Gasteiger partial charge in [-0.05, 0) is 98.2 Å². The van der Waals surface area contributed by atoms with Crippen LogP contribution in [-0.4, -0.2) is 34.1 Å². The Labute approximate surface area is 217 Å². The van der Waals surface area contributed by atoms with E-state index in [1.165, 1.54) is 23.3 Å². The minimum Gasteiger partial charge on any atom is -0.495 e. The van der Waals surface area contributed by atoms with E-state index in [4.69, 9.17) is 4.74 Å². The van der Waals surface area contributed by atoms with Crippen LogP contribution < -0.4 is 9.75 Å². The van der Waals surface area contributed by atoms with Crippen molar-refractivity contribution in [3.8, 4) is 11.4 Å². The largest absolute Gasteiger partial charge is 0.495 e. The average Bonchev–Trinajstić information content (AvgIpc) is 3.33. The SMILES string of the molecule is CCC1=C2C(=Cc3ccc(-n4cnc(C)c4)c(OC)c3)CCCN2N(c2ccc(F)cc2)C(=O)CCC1. The maximum atomic E-state index is 13.7. The van der Waals surface area contributed by atoms with Gasteiger partial charge >= 0.3 is 0 Å². The van der Waals surface area contributed by atoms with Crippen LogP contribution in [0.3, 0.4) is 0 Å². The van der Waals surface area contributed by atoms with Crippen LogP contribution in [-0.2, 0) is 4.79 Å². The van der Waals surface area contributed by atoms with E-state index < -0.39 is 0 Å². The number of amides is 1. The number of hydrogen-bond acceptors (Lipinski definition) is 4. The molecule has 0 N–H and O–H groups in total. The summed E-state index contributed by atoms with van der Waals surface area (Å²) in [5, 5.41) is 3.89. The van der Waals surface area contributed by atoms with Crippen molar-refractivity contribution in [2.75, 3.05) is 18.7 Å². The molecule has 2 aliphatic rings. The Morgan fingerprint density at radius 3 is 2.59 bits per heavy atom. The van der Waals surface area contributed by atoms with Gasteiger partial charge in [0.1, 0.15) is 11.6 Å². The smallest absolute Gasteiger partial charge is 0.245 e. The predicted molar refractivity (Wildman–Crippen MR) is 144 cm³/mol. The number of carbonyl (C=O) groups excluding carboxylic acids is 1. The number of allylic oxidation sites excluding steroid dienone is 2. The first kappa shape index (κ1) is 24.8. The minimum atomic E-state index is -0.310. The Bertz CT molecular complexity index is 1360. The number of benzene rings is 2. The molecule has 0 unspecified atom stereocenters. The number of methoxy groups -OCH3 is 1. The summed E-state index contributed by atoms with van der Waals surface area (Å²) >= 11 is 0. The first-order valence-electron chi connectivity index (χ1n) is 13.0. The number of aromatic nitrogens is 2. The number of halogens is 1. The molecule has 1 saturated heterocycles. The molecule has 2 aliphatic heterocycles. The summed E-state index contributed by atoms with van der Waals surface area (Å²) < 4.78 is 21.4. The molecule has 0 spiro atoms. The van der Waals surface area contributed by atoms with Crippen LogP contribution in [0.15, 0.2) is 71.8 Å². The van der Waals surface area contributed by atoms with Gasteiger partial charge < -0.3 is 9.30 Å². The number of carbonyl (C=O) groups is 1. The topological polar surface area (TPSA) is 50.6 Å². The van der Waals surface area contributed by atoms with E-state index in [9.17, 15) is 9.18 Å². The van der Waals surface area contributed by atoms with E-state index >= 15 is 0 Å². The van der Waals surface area contributed by atoms with Gasteiger partial charge in [-0.1, -0.05) is 13.0 Å². The number of imidazole rings is 1. The van der Waals surface area contributed by atoms with Gasteiger partial charge in [-0.2, -0.15) is 0 Å². The molecule has 6 nitrogen and oxygen atoms in total. The zero-order valence-corrected chi connectivity index (χ0v) is 21.7. The van der Waals surface area contributed by atoms with E-state index in [0.29, 0.717) is 12.1 Å². The van der Waals surface area contributed by atoms with Crippen molar-refractivity contribution < 1.29 is 13.9 Å². The van der Waals surface area contributed by atoms with Gasteiger partial charge in [0.25, 0.3) is 0 Å². The summed E-state index contributed by atoms with van der Waals surface area (Å²) in [7, 11) is 1.68. The van der Waals surface area contributed by atoms with Crippen LogP contribution in [0.5, 0.6) is 5.75 Å². The Balaban J connectivity index is 1.58. The Hall–Kier alpha value is -3.87.